The number of nitrogens with one attached hydrogen (secondary N) is 1. The number of rotatable bonds is 3. The van der Waals surface area contributed by atoms with Gasteiger partial charge in [0.25, 0.3) is 0 Å². The summed E-state index contributed by atoms with van der Waals surface area (Å²) in [5.41, 5.74) is 1.12. The van der Waals surface area contributed by atoms with Gasteiger partial charge in [0, 0.05) is 17.1 Å². The zero-order chi connectivity index (χ0) is 11.4. The van der Waals surface area contributed by atoms with E-state index in [1.807, 2.05) is 6.08 Å². The first-order valence-electron chi connectivity index (χ1n) is 4.24. The van der Waals surface area contributed by atoms with Crippen molar-refractivity contribution in [1.29, 1.82) is 0 Å². The van der Waals surface area contributed by atoms with E-state index in [2.05, 4.69) is 21.2 Å². The molecule has 5 heteroatoms. The number of hydrogen-bond donors (Lipinski definition) is 2. The van der Waals surface area contributed by atoms with Crippen molar-refractivity contribution in [3.63, 3.8) is 0 Å². The molecule has 0 aliphatic heterocycles. The van der Waals surface area contributed by atoms with Gasteiger partial charge < -0.3 is 10.4 Å². The fourth-order valence-electron chi connectivity index (χ4n) is 1.08. The molecule has 1 aromatic carbocycles. The number of aromatic hydroxyl groups is 1. The van der Waals surface area contributed by atoms with Crippen molar-refractivity contribution in [2.75, 3.05) is 11.9 Å². The van der Waals surface area contributed by atoms with Gasteiger partial charge in [-0.25, -0.2) is 0 Å². The highest BCUT2D eigenvalue weighted by Crippen LogP contribution is 2.38. The minimum absolute atomic E-state index is 0.0930. The Balaban J connectivity index is 3.01. The maximum atomic E-state index is 9.79. The zero-order valence-electron chi connectivity index (χ0n) is 8.02. The lowest BCUT2D eigenvalue weighted by atomic mass is 10.2. The third kappa shape index (κ3) is 3.03. The van der Waals surface area contributed by atoms with Gasteiger partial charge in [0.2, 0.25) is 0 Å². The van der Waals surface area contributed by atoms with Crippen LogP contribution >= 0.6 is 39.1 Å². The summed E-state index contributed by atoms with van der Waals surface area (Å²) >= 11 is 15.0. The standard InChI is InChI=1S/C10H10BrCl2NO/c1-6-7(12)5-8(13)9(10(6)15)14-4-2-3-11/h2-3,5,14-15H,4H2,1H3. The molecule has 0 aliphatic rings. The summed E-state index contributed by atoms with van der Waals surface area (Å²) in [4.78, 5) is 1.73. The summed E-state index contributed by atoms with van der Waals surface area (Å²) < 4.78 is 0. The van der Waals surface area contributed by atoms with Crippen LogP contribution in [0.1, 0.15) is 5.56 Å². The summed E-state index contributed by atoms with van der Waals surface area (Å²) in [6, 6.07) is 1.61. The molecule has 0 radical (unpaired) electrons. The van der Waals surface area contributed by atoms with Crippen LogP contribution in [0, 0.1) is 6.92 Å². The Labute approximate surface area is 107 Å². The van der Waals surface area contributed by atoms with Crippen LogP contribution in [0.4, 0.5) is 5.69 Å². The van der Waals surface area contributed by atoms with Gasteiger partial charge in [-0.15, -0.1) is 0 Å². The van der Waals surface area contributed by atoms with Gasteiger partial charge in [0.05, 0.1) is 10.7 Å². The van der Waals surface area contributed by atoms with Crippen LogP contribution in [-0.2, 0) is 0 Å². The fourth-order valence-corrected chi connectivity index (χ4v) is 1.79. The van der Waals surface area contributed by atoms with Crippen LogP contribution in [0.25, 0.3) is 0 Å². The van der Waals surface area contributed by atoms with Gasteiger partial charge in [0.1, 0.15) is 5.75 Å². The molecule has 0 bridgehead atoms. The maximum absolute atomic E-state index is 9.79. The fraction of sp³-hybridized carbons (Fsp3) is 0.200. The first-order valence-corrected chi connectivity index (χ1v) is 5.91. The van der Waals surface area contributed by atoms with Gasteiger partial charge in [-0.2, -0.15) is 0 Å². The first-order chi connectivity index (χ1) is 7.07. The lowest BCUT2D eigenvalue weighted by Crippen LogP contribution is -2.00. The second kappa shape index (κ2) is 5.64. The van der Waals surface area contributed by atoms with Gasteiger partial charge in [-0.05, 0) is 18.0 Å². The highest BCUT2D eigenvalue weighted by molar-refractivity contribution is 9.11. The summed E-state index contributed by atoms with van der Waals surface area (Å²) in [6.45, 7) is 2.30. The number of halogens is 3. The molecule has 0 heterocycles. The largest absolute Gasteiger partial charge is 0.505 e. The molecule has 2 nitrogen and oxygen atoms in total. The molecule has 0 amide bonds. The summed E-state index contributed by atoms with van der Waals surface area (Å²) in [6.07, 6.45) is 1.85. The van der Waals surface area contributed by atoms with Crippen LogP contribution in [0.5, 0.6) is 5.75 Å². The van der Waals surface area contributed by atoms with E-state index in [-0.39, 0.29) is 5.75 Å². The van der Waals surface area contributed by atoms with Gasteiger partial charge in [-0.1, -0.05) is 45.2 Å². The quantitative estimate of drug-likeness (QED) is 0.815. The molecule has 0 fully saturated rings. The van der Waals surface area contributed by atoms with Crippen LogP contribution in [0.15, 0.2) is 17.1 Å². The highest BCUT2D eigenvalue weighted by Gasteiger charge is 2.11. The number of hydrogen-bond acceptors (Lipinski definition) is 2. The van der Waals surface area contributed by atoms with E-state index in [1.54, 1.807) is 18.0 Å². The molecule has 0 unspecified atom stereocenters. The second-order valence-corrected chi connectivity index (χ2v) is 4.27. The smallest absolute Gasteiger partial charge is 0.144 e. The van der Waals surface area contributed by atoms with E-state index >= 15 is 0 Å². The highest BCUT2D eigenvalue weighted by atomic mass is 79.9. The Hall–Kier alpha value is -0.380. The van der Waals surface area contributed by atoms with E-state index in [0.717, 1.165) is 0 Å². The molecule has 82 valence electrons. The van der Waals surface area contributed by atoms with E-state index in [4.69, 9.17) is 23.2 Å². The van der Waals surface area contributed by atoms with E-state index in [9.17, 15) is 5.11 Å². The summed E-state index contributed by atoms with van der Waals surface area (Å²) in [5, 5.41) is 13.7. The van der Waals surface area contributed by atoms with Gasteiger partial charge in [0.15, 0.2) is 0 Å². The normalized spacial score (nSPS) is 10.9. The molecule has 0 aliphatic carbocycles. The summed E-state index contributed by atoms with van der Waals surface area (Å²) in [7, 11) is 0. The predicted octanol–water partition coefficient (Wildman–Crippen LogP) is 4.33. The number of benzene rings is 1. The third-order valence-electron chi connectivity index (χ3n) is 1.93. The predicted molar refractivity (Wildman–Crippen MR) is 69.4 cm³/mol. The Kier molecular flexibility index (Phi) is 4.77. The molecule has 2 N–H and O–H groups in total. The minimum atomic E-state index is 0.0930. The van der Waals surface area contributed by atoms with Gasteiger partial charge in [-0.3, -0.25) is 0 Å². The van der Waals surface area contributed by atoms with Crippen molar-refractivity contribution in [1.82, 2.24) is 0 Å². The van der Waals surface area contributed by atoms with Crippen molar-refractivity contribution in [3.8, 4) is 5.75 Å². The monoisotopic (exact) mass is 309 g/mol. The Morgan fingerprint density at radius 2 is 2.13 bits per heavy atom. The Morgan fingerprint density at radius 3 is 2.73 bits per heavy atom. The molecular formula is C10H10BrCl2NO. The average Bonchev–Trinajstić information content (AvgIpc) is 2.20. The zero-order valence-corrected chi connectivity index (χ0v) is 11.1. The second-order valence-electron chi connectivity index (χ2n) is 2.93. The topological polar surface area (TPSA) is 32.3 Å². The minimum Gasteiger partial charge on any atom is -0.505 e. The van der Waals surface area contributed by atoms with Crippen molar-refractivity contribution >= 4 is 44.8 Å². The van der Waals surface area contributed by atoms with Crippen LogP contribution in [0.3, 0.4) is 0 Å². The van der Waals surface area contributed by atoms with Crippen LogP contribution < -0.4 is 5.32 Å². The third-order valence-corrected chi connectivity index (χ3v) is 2.99. The van der Waals surface area contributed by atoms with Crippen molar-refractivity contribution < 1.29 is 5.11 Å². The molecule has 1 aromatic rings. The molecule has 0 saturated carbocycles. The first kappa shape index (κ1) is 12.7. The molecule has 15 heavy (non-hydrogen) atoms. The van der Waals surface area contributed by atoms with Crippen molar-refractivity contribution in [2.45, 2.75) is 6.92 Å². The average molecular weight is 311 g/mol. The van der Waals surface area contributed by atoms with Crippen molar-refractivity contribution in [3.05, 3.63) is 32.7 Å². The van der Waals surface area contributed by atoms with Crippen molar-refractivity contribution in [2.24, 2.45) is 0 Å². The molecule has 0 saturated heterocycles. The lowest BCUT2D eigenvalue weighted by Gasteiger charge is -2.11. The molecule has 0 atom stereocenters. The maximum Gasteiger partial charge on any atom is 0.144 e. The Bertz CT molecular complexity index is 393. The molecular weight excluding hydrogens is 301 g/mol. The van der Waals surface area contributed by atoms with E-state index < -0.39 is 0 Å². The number of phenols is 1. The number of anilines is 1. The van der Waals surface area contributed by atoms with E-state index in [0.29, 0.717) is 27.8 Å². The SMILES string of the molecule is Cc1c(Cl)cc(Cl)c(NCC=CBr)c1O. The Morgan fingerprint density at radius 1 is 1.47 bits per heavy atom. The summed E-state index contributed by atoms with van der Waals surface area (Å²) in [5.74, 6) is 0.0930. The van der Waals surface area contributed by atoms with Gasteiger partial charge >= 0.3 is 0 Å². The number of phenolic OH excluding ortho intramolecular Hbond substituents is 1. The molecule has 1 rings (SSSR count). The lowest BCUT2D eigenvalue weighted by molar-refractivity contribution is 0.473. The van der Waals surface area contributed by atoms with E-state index in [1.165, 1.54) is 0 Å². The van der Waals surface area contributed by atoms with Crippen LogP contribution in [0.2, 0.25) is 10.0 Å². The molecule has 0 spiro atoms. The van der Waals surface area contributed by atoms with Crippen LogP contribution in [-0.4, -0.2) is 11.7 Å². The molecule has 0 aromatic heterocycles.